The molecule has 0 unspecified atom stereocenters. The van der Waals surface area contributed by atoms with Gasteiger partial charge in [0.25, 0.3) is 0 Å². The molecular weight excluding hydrogens is 226 g/mol. The van der Waals surface area contributed by atoms with Crippen LogP contribution < -0.4 is 5.73 Å². The maximum Gasteiger partial charge on any atom is 0.162 e. The Morgan fingerprint density at radius 2 is 1.94 bits per heavy atom. The molecule has 4 nitrogen and oxygen atoms in total. The summed E-state index contributed by atoms with van der Waals surface area (Å²) in [6.07, 6.45) is 5.92. The smallest absolute Gasteiger partial charge is 0.162 e. The molecule has 0 aromatic carbocycles. The summed E-state index contributed by atoms with van der Waals surface area (Å²) in [5, 5.41) is 0. The molecule has 1 aliphatic rings. The maximum atomic E-state index is 6.02. The lowest BCUT2D eigenvalue weighted by Crippen LogP contribution is -2.39. The van der Waals surface area contributed by atoms with Gasteiger partial charge in [-0.15, -0.1) is 0 Å². The largest absolute Gasteiger partial charge is 0.384 e. The highest BCUT2D eigenvalue weighted by molar-refractivity contribution is 5.27. The number of nitrogens with two attached hydrogens (primary N) is 1. The van der Waals surface area contributed by atoms with Crippen molar-refractivity contribution in [2.45, 2.75) is 52.1 Å². The maximum absolute atomic E-state index is 6.02. The Morgan fingerprint density at radius 3 is 2.50 bits per heavy atom. The van der Waals surface area contributed by atoms with Gasteiger partial charge >= 0.3 is 0 Å². The van der Waals surface area contributed by atoms with Crippen LogP contribution in [0, 0.1) is 5.41 Å². The number of hydrogen-bond donors (Lipinski definition) is 1. The van der Waals surface area contributed by atoms with Crippen LogP contribution in [0.4, 0.5) is 5.82 Å². The van der Waals surface area contributed by atoms with Crippen LogP contribution in [0.5, 0.6) is 0 Å². The van der Waals surface area contributed by atoms with Crippen LogP contribution in [0.3, 0.4) is 0 Å². The lowest BCUT2D eigenvalue weighted by molar-refractivity contribution is -0.0947. The van der Waals surface area contributed by atoms with Gasteiger partial charge in [-0.3, -0.25) is 0 Å². The summed E-state index contributed by atoms with van der Waals surface area (Å²) in [7, 11) is 0. The van der Waals surface area contributed by atoms with E-state index in [1.807, 2.05) is 6.92 Å². The Bertz CT molecular complexity index is 407. The highest BCUT2D eigenvalue weighted by atomic mass is 16.5. The zero-order valence-electron chi connectivity index (χ0n) is 11.6. The van der Waals surface area contributed by atoms with E-state index >= 15 is 0 Å². The van der Waals surface area contributed by atoms with E-state index in [4.69, 9.17) is 10.5 Å². The molecule has 0 atom stereocenters. The van der Waals surface area contributed by atoms with Crippen molar-refractivity contribution < 1.29 is 4.74 Å². The van der Waals surface area contributed by atoms with Gasteiger partial charge in [-0.05, 0) is 44.1 Å². The van der Waals surface area contributed by atoms with E-state index in [9.17, 15) is 0 Å². The number of nitrogens with zero attached hydrogens (tertiary/aromatic N) is 2. The van der Waals surface area contributed by atoms with E-state index in [0.717, 1.165) is 31.5 Å². The molecule has 1 aromatic rings. The summed E-state index contributed by atoms with van der Waals surface area (Å²) < 4.78 is 6.02. The zero-order valence-corrected chi connectivity index (χ0v) is 11.6. The van der Waals surface area contributed by atoms with Gasteiger partial charge in [-0.25, -0.2) is 9.97 Å². The molecule has 2 N–H and O–H groups in total. The van der Waals surface area contributed by atoms with Gasteiger partial charge < -0.3 is 10.5 Å². The summed E-state index contributed by atoms with van der Waals surface area (Å²) in [6, 6.07) is 1.72. The van der Waals surface area contributed by atoms with Crippen LogP contribution in [0.1, 0.15) is 52.3 Å². The summed E-state index contributed by atoms with van der Waals surface area (Å²) in [6.45, 7) is 7.32. The first-order valence-electron chi connectivity index (χ1n) is 6.70. The molecule has 1 fully saturated rings. The third kappa shape index (κ3) is 2.64. The molecule has 0 spiro atoms. The molecule has 0 saturated heterocycles. The molecule has 1 saturated carbocycles. The first-order valence-corrected chi connectivity index (χ1v) is 6.70. The minimum Gasteiger partial charge on any atom is -0.384 e. The third-order valence-electron chi connectivity index (χ3n) is 3.92. The Balaban J connectivity index is 2.28. The van der Waals surface area contributed by atoms with Crippen LogP contribution >= 0.6 is 0 Å². The number of hydrogen-bond acceptors (Lipinski definition) is 4. The van der Waals surface area contributed by atoms with Crippen molar-refractivity contribution in [3.8, 4) is 0 Å². The van der Waals surface area contributed by atoms with Gasteiger partial charge in [0.1, 0.15) is 11.4 Å². The predicted molar refractivity (Wildman–Crippen MR) is 72.0 cm³/mol. The molecule has 1 aromatic heterocycles. The molecule has 0 bridgehead atoms. The van der Waals surface area contributed by atoms with E-state index in [-0.39, 0.29) is 5.60 Å². The molecule has 1 aliphatic carbocycles. The van der Waals surface area contributed by atoms with Crippen molar-refractivity contribution >= 4 is 5.82 Å². The fourth-order valence-electron chi connectivity index (χ4n) is 2.63. The van der Waals surface area contributed by atoms with Gasteiger partial charge in [0.05, 0.1) is 0 Å². The number of ether oxygens (including phenoxy) is 1. The predicted octanol–water partition coefficient (Wildman–Crippen LogP) is 2.89. The van der Waals surface area contributed by atoms with Crippen molar-refractivity contribution in [1.82, 2.24) is 9.97 Å². The Labute approximate surface area is 109 Å². The standard InChI is InChI=1S/C14H23N3O/c1-4-18-14(8-6-13(2,3)7-9-14)12-16-10-5-11(15)17-12/h5,10H,4,6-9H2,1-3H3,(H2,15,16,17). The van der Waals surface area contributed by atoms with Crippen LogP contribution in [-0.4, -0.2) is 16.6 Å². The van der Waals surface area contributed by atoms with E-state index < -0.39 is 0 Å². The Kier molecular flexibility index (Phi) is 3.57. The van der Waals surface area contributed by atoms with Gasteiger partial charge in [-0.1, -0.05) is 13.8 Å². The van der Waals surface area contributed by atoms with Gasteiger partial charge in [0, 0.05) is 12.8 Å². The highest BCUT2D eigenvalue weighted by Gasteiger charge is 2.42. The first-order chi connectivity index (χ1) is 8.47. The zero-order chi connectivity index (χ0) is 13.2. The molecule has 18 heavy (non-hydrogen) atoms. The van der Waals surface area contributed by atoms with E-state index in [1.54, 1.807) is 12.3 Å². The van der Waals surface area contributed by atoms with Crippen molar-refractivity contribution in [3.05, 3.63) is 18.1 Å². The molecule has 2 rings (SSSR count). The quantitative estimate of drug-likeness (QED) is 0.894. The van der Waals surface area contributed by atoms with Gasteiger partial charge in [-0.2, -0.15) is 0 Å². The molecular formula is C14H23N3O. The average Bonchev–Trinajstić information content (AvgIpc) is 2.33. The van der Waals surface area contributed by atoms with Crippen molar-refractivity contribution in [3.63, 3.8) is 0 Å². The highest BCUT2D eigenvalue weighted by Crippen LogP contribution is 2.46. The number of anilines is 1. The van der Waals surface area contributed by atoms with Crippen LogP contribution in [0.2, 0.25) is 0 Å². The number of nitrogen functional groups attached to an aromatic ring is 1. The second-order valence-electron chi connectivity index (χ2n) is 5.90. The van der Waals surface area contributed by atoms with Crippen molar-refractivity contribution in [2.24, 2.45) is 5.41 Å². The van der Waals surface area contributed by atoms with E-state index in [1.165, 1.54) is 0 Å². The third-order valence-corrected chi connectivity index (χ3v) is 3.92. The summed E-state index contributed by atoms with van der Waals surface area (Å²) >= 11 is 0. The van der Waals surface area contributed by atoms with Crippen LogP contribution in [0.25, 0.3) is 0 Å². The topological polar surface area (TPSA) is 61.0 Å². The monoisotopic (exact) mass is 249 g/mol. The summed E-state index contributed by atoms with van der Waals surface area (Å²) in [5.74, 6) is 1.27. The van der Waals surface area contributed by atoms with E-state index in [2.05, 4.69) is 23.8 Å². The molecule has 4 heteroatoms. The lowest BCUT2D eigenvalue weighted by Gasteiger charge is -2.42. The molecule has 0 aliphatic heterocycles. The SMILES string of the molecule is CCOC1(c2nccc(N)n2)CCC(C)(C)CC1. The second kappa shape index (κ2) is 4.84. The average molecular weight is 249 g/mol. The van der Waals surface area contributed by atoms with Gasteiger partial charge in [0.2, 0.25) is 0 Å². The first kappa shape index (κ1) is 13.3. The van der Waals surface area contributed by atoms with Crippen molar-refractivity contribution in [2.75, 3.05) is 12.3 Å². The number of rotatable bonds is 3. The normalized spacial score (nSPS) is 21.7. The Morgan fingerprint density at radius 1 is 1.28 bits per heavy atom. The fourth-order valence-corrected chi connectivity index (χ4v) is 2.63. The van der Waals surface area contributed by atoms with E-state index in [0.29, 0.717) is 17.8 Å². The van der Waals surface area contributed by atoms with Crippen molar-refractivity contribution in [1.29, 1.82) is 0 Å². The second-order valence-corrected chi connectivity index (χ2v) is 5.90. The van der Waals surface area contributed by atoms with Crippen LogP contribution in [0.15, 0.2) is 12.3 Å². The summed E-state index contributed by atoms with van der Waals surface area (Å²) in [4.78, 5) is 8.76. The summed E-state index contributed by atoms with van der Waals surface area (Å²) in [5.41, 5.74) is 5.82. The molecule has 0 amide bonds. The fraction of sp³-hybridized carbons (Fsp3) is 0.714. The molecule has 1 heterocycles. The Hall–Kier alpha value is -1.16. The van der Waals surface area contributed by atoms with Crippen LogP contribution in [-0.2, 0) is 10.3 Å². The number of aromatic nitrogens is 2. The van der Waals surface area contributed by atoms with Gasteiger partial charge in [0.15, 0.2) is 5.82 Å². The molecule has 100 valence electrons. The minimum atomic E-state index is -0.334. The molecule has 0 radical (unpaired) electrons. The minimum absolute atomic E-state index is 0.334. The lowest BCUT2D eigenvalue weighted by atomic mass is 9.70.